The highest BCUT2D eigenvalue weighted by Crippen LogP contribution is 2.18. The summed E-state index contributed by atoms with van der Waals surface area (Å²) in [7, 11) is 5.72. The molecule has 1 rings (SSSR count). The summed E-state index contributed by atoms with van der Waals surface area (Å²) in [5.41, 5.74) is 1.08. The lowest BCUT2D eigenvalue weighted by Crippen LogP contribution is -2.27. The standard InChI is InChI=1S/C15H24N2O2/c1-17(2)12-6-11-16-15(18)10-9-13-7-4-5-8-14(13)19-3/h4-5,7-8H,6,9-12H2,1-3H3,(H,16,18). The molecule has 4 nitrogen and oxygen atoms in total. The van der Waals surface area contributed by atoms with Crippen LogP contribution in [-0.2, 0) is 11.2 Å². The molecule has 0 atom stereocenters. The third kappa shape index (κ3) is 6.25. The summed E-state index contributed by atoms with van der Waals surface area (Å²) in [6.45, 7) is 1.73. The van der Waals surface area contributed by atoms with E-state index < -0.39 is 0 Å². The lowest BCUT2D eigenvalue weighted by molar-refractivity contribution is -0.121. The van der Waals surface area contributed by atoms with Crippen LogP contribution in [0.1, 0.15) is 18.4 Å². The van der Waals surface area contributed by atoms with Crippen molar-refractivity contribution in [1.29, 1.82) is 0 Å². The molecule has 0 heterocycles. The van der Waals surface area contributed by atoms with E-state index in [2.05, 4.69) is 10.2 Å². The van der Waals surface area contributed by atoms with E-state index in [9.17, 15) is 4.79 Å². The van der Waals surface area contributed by atoms with Crippen LogP contribution >= 0.6 is 0 Å². The van der Waals surface area contributed by atoms with Gasteiger partial charge in [0.2, 0.25) is 5.91 Å². The number of para-hydroxylation sites is 1. The summed E-state index contributed by atoms with van der Waals surface area (Å²) in [5.74, 6) is 0.951. The molecular weight excluding hydrogens is 240 g/mol. The minimum absolute atomic E-state index is 0.102. The maximum Gasteiger partial charge on any atom is 0.220 e. The van der Waals surface area contributed by atoms with E-state index in [-0.39, 0.29) is 5.91 Å². The van der Waals surface area contributed by atoms with Crippen molar-refractivity contribution in [2.45, 2.75) is 19.3 Å². The number of aryl methyl sites for hydroxylation is 1. The Hall–Kier alpha value is -1.55. The average Bonchev–Trinajstić information content (AvgIpc) is 2.41. The minimum Gasteiger partial charge on any atom is -0.496 e. The second-order valence-electron chi connectivity index (χ2n) is 4.82. The van der Waals surface area contributed by atoms with E-state index in [1.165, 1.54) is 0 Å². The Balaban J connectivity index is 2.26. The van der Waals surface area contributed by atoms with Crippen LogP contribution < -0.4 is 10.1 Å². The fraction of sp³-hybridized carbons (Fsp3) is 0.533. The van der Waals surface area contributed by atoms with Gasteiger partial charge < -0.3 is 15.0 Å². The first-order chi connectivity index (χ1) is 9.13. The Bertz CT molecular complexity index is 391. The van der Waals surface area contributed by atoms with Gasteiger partial charge in [-0.25, -0.2) is 0 Å². The van der Waals surface area contributed by atoms with E-state index in [0.717, 1.165) is 30.8 Å². The van der Waals surface area contributed by atoms with Gasteiger partial charge in [0.05, 0.1) is 7.11 Å². The van der Waals surface area contributed by atoms with E-state index in [1.807, 2.05) is 38.4 Å². The van der Waals surface area contributed by atoms with Gasteiger partial charge in [-0.05, 0) is 45.1 Å². The van der Waals surface area contributed by atoms with Gasteiger partial charge in [-0.3, -0.25) is 4.79 Å². The molecule has 0 aliphatic rings. The molecule has 106 valence electrons. The smallest absolute Gasteiger partial charge is 0.220 e. The summed E-state index contributed by atoms with van der Waals surface area (Å²) in [6.07, 6.45) is 2.19. The number of rotatable bonds is 8. The molecule has 0 aliphatic carbocycles. The highest BCUT2D eigenvalue weighted by molar-refractivity contribution is 5.76. The zero-order valence-corrected chi connectivity index (χ0v) is 12.1. The Morgan fingerprint density at radius 2 is 2.05 bits per heavy atom. The van der Waals surface area contributed by atoms with Crippen molar-refractivity contribution in [2.75, 3.05) is 34.3 Å². The fourth-order valence-corrected chi connectivity index (χ4v) is 1.87. The van der Waals surface area contributed by atoms with Gasteiger partial charge in [0.1, 0.15) is 5.75 Å². The summed E-state index contributed by atoms with van der Waals surface area (Å²) in [4.78, 5) is 13.8. The van der Waals surface area contributed by atoms with Gasteiger partial charge >= 0.3 is 0 Å². The Kier molecular flexibility index (Phi) is 6.97. The van der Waals surface area contributed by atoms with Gasteiger partial charge in [-0.15, -0.1) is 0 Å². The third-order valence-electron chi connectivity index (χ3n) is 2.92. The van der Waals surface area contributed by atoms with Crippen molar-refractivity contribution in [1.82, 2.24) is 10.2 Å². The van der Waals surface area contributed by atoms with Crippen LogP contribution in [0.2, 0.25) is 0 Å². The molecule has 4 heteroatoms. The molecular formula is C15H24N2O2. The highest BCUT2D eigenvalue weighted by atomic mass is 16.5. The van der Waals surface area contributed by atoms with Gasteiger partial charge in [0.25, 0.3) is 0 Å². The predicted octanol–water partition coefficient (Wildman–Crippen LogP) is 1.70. The summed E-state index contributed by atoms with van der Waals surface area (Å²) >= 11 is 0. The highest BCUT2D eigenvalue weighted by Gasteiger charge is 2.05. The van der Waals surface area contributed by atoms with Crippen molar-refractivity contribution in [2.24, 2.45) is 0 Å². The van der Waals surface area contributed by atoms with Gasteiger partial charge in [-0.1, -0.05) is 18.2 Å². The van der Waals surface area contributed by atoms with Crippen molar-refractivity contribution < 1.29 is 9.53 Å². The van der Waals surface area contributed by atoms with E-state index in [4.69, 9.17) is 4.74 Å². The van der Waals surface area contributed by atoms with Gasteiger partial charge in [0.15, 0.2) is 0 Å². The monoisotopic (exact) mass is 264 g/mol. The summed E-state index contributed by atoms with van der Waals surface area (Å²) < 4.78 is 5.27. The first-order valence-corrected chi connectivity index (χ1v) is 6.67. The first kappa shape index (κ1) is 15.5. The number of amides is 1. The Morgan fingerprint density at radius 1 is 1.32 bits per heavy atom. The van der Waals surface area contributed by atoms with E-state index >= 15 is 0 Å². The molecule has 1 aromatic carbocycles. The zero-order valence-electron chi connectivity index (χ0n) is 12.1. The van der Waals surface area contributed by atoms with Crippen LogP contribution in [0.15, 0.2) is 24.3 Å². The molecule has 1 aromatic rings. The second kappa shape index (κ2) is 8.53. The van der Waals surface area contributed by atoms with Crippen molar-refractivity contribution in [3.05, 3.63) is 29.8 Å². The largest absolute Gasteiger partial charge is 0.496 e. The molecule has 1 amide bonds. The fourth-order valence-electron chi connectivity index (χ4n) is 1.87. The molecule has 0 saturated carbocycles. The summed E-state index contributed by atoms with van der Waals surface area (Å²) in [6, 6.07) is 7.82. The number of hydrogen-bond donors (Lipinski definition) is 1. The number of nitrogens with zero attached hydrogens (tertiary/aromatic N) is 1. The number of ether oxygens (including phenoxy) is 1. The molecule has 19 heavy (non-hydrogen) atoms. The topological polar surface area (TPSA) is 41.6 Å². The number of carbonyl (C=O) groups is 1. The normalized spacial score (nSPS) is 10.5. The molecule has 0 radical (unpaired) electrons. The molecule has 0 bridgehead atoms. The van der Waals surface area contributed by atoms with Crippen molar-refractivity contribution in [3.8, 4) is 5.75 Å². The molecule has 0 aliphatic heterocycles. The van der Waals surface area contributed by atoms with Crippen LogP contribution in [0.3, 0.4) is 0 Å². The number of benzene rings is 1. The Labute approximate surface area is 115 Å². The average molecular weight is 264 g/mol. The molecule has 0 saturated heterocycles. The lowest BCUT2D eigenvalue weighted by Gasteiger charge is -2.10. The number of hydrogen-bond acceptors (Lipinski definition) is 3. The quantitative estimate of drug-likeness (QED) is 0.727. The van der Waals surface area contributed by atoms with Gasteiger partial charge in [0, 0.05) is 13.0 Å². The third-order valence-corrected chi connectivity index (χ3v) is 2.92. The van der Waals surface area contributed by atoms with Crippen LogP contribution in [0.25, 0.3) is 0 Å². The maximum absolute atomic E-state index is 11.7. The molecule has 1 N–H and O–H groups in total. The summed E-state index contributed by atoms with van der Waals surface area (Å²) in [5, 5.41) is 2.94. The van der Waals surface area contributed by atoms with Crippen molar-refractivity contribution in [3.63, 3.8) is 0 Å². The van der Waals surface area contributed by atoms with Crippen molar-refractivity contribution >= 4 is 5.91 Å². The molecule has 0 aromatic heterocycles. The lowest BCUT2D eigenvalue weighted by atomic mass is 10.1. The molecule has 0 spiro atoms. The van der Waals surface area contributed by atoms with E-state index in [1.54, 1.807) is 7.11 Å². The SMILES string of the molecule is COc1ccccc1CCC(=O)NCCCN(C)C. The molecule has 0 unspecified atom stereocenters. The zero-order chi connectivity index (χ0) is 14.1. The maximum atomic E-state index is 11.7. The predicted molar refractivity (Wildman–Crippen MR) is 77.5 cm³/mol. The first-order valence-electron chi connectivity index (χ1n) is 6.67. The van der Waals surface area contributed by atoms with Crippen LogP contribution in [0.5, 0.6) is 5.75 Å². The number of nitrogens with one attached hydrogen (secondary N) is 1. The van der Waals surface area contributed by atoms with Gasteiger partial charge in [-0.2, -0.15) is 0 Å². The van der Waals surface area contributed by atoms with Crippen LogP contribution in [0, 0.1) is 0 Å². The Morgan fingerprint density at radius 3 is 2.74 bits per heavy atom. The second-order valence-corrected chi connectivity index (χ2v) is 4.82. The van der Waals surface area contributed by atoms with Crippen LogP contribution in [-0.4, -0.2) is 45.1 Å². The number of methoxy groups -OCH3 is 1. The number of carbonyl (C=O) groups excluding carboxylic acids is 1. The molecule has 0 fully saturated rings. The van der Waals surface area contributed by atoms with Crippen LogP contribution in [0.4, 0.5) is 0 Å². The van der Waals surface area contributed by atoms with E-state index in [0.29, 0.717) is 12.8 Å². The minimum atomic E-state index is 0.102.